The molecule has 0 amide bonds. The van der Waals surface area contributed by atoms with Gasteiger partial charge in [-0.25, -0.2) is 0 Å². The molecular weight excluding hydrogens is 252 g/mol. The molecule has 0 spiro atoms. The molecule has 0 aromatic heterocycles. The molecule has 0 bridgehead atoms. The molecule has 3 nitrogen and oxygen atoms in total. The smallest absolute Gasteiger partial charge is 0.140 e. The molecule has 1 fully saturated rings. The van der Waals surface area contributed by atoms with Crippen LogP contribution in [0.1, 0.15) is 18.4 Å². The molecule has 1 saturated carbocycles. The van der Waals surface area contributed by atoms with Gasteiger partial charge in [0.1, 0.15) is 30.0 Å². The summed E-state index contributed by atoms with van der Waals surface area (Å²) >= 11 is 0. The van der Waals surface area contributed by atoms with Crippen molar-refractivity contribution in [1.82, 2.24) is 0 Å². The van der Waals surface area contributed by atoms with E-state index in [4.69, 9.17) is 9.47 Å². The van der Waals surface area contributed by atoms with Crippen molar-refractivity contribution in [2.75, 3.05) is 0 Å². The fourth-order valence-corrected chi connectivity index (χ4v) is 2.08. The minimum atomic E-state index is 0.0542. The van der Waals surface area contributed by atoms with Gasteiger partial charge in [0.25, 0.3) is 0 Å². The van der Waals surface area contributed by atoms with E-state index in [0.29, 0.717) is 19.4 Å². The van der Waals surface area contributed by atoms with Crippen molar-refractivity contribution in [2.45, 2.75) is 25.6 Å². The third kappa shape index (κ3) is 3.18. The molecule has 3 rings (SSSR count). The lowest BCUT2D eigenvalue weighted by Gasteiger charge is -2.25. The van der Waals surface area contributed by atoms with E-state index in [2.05, 4.69) is 0 Å². The largest absolute Gasteiger partial charge is 0.490 e. The molecule has 0 radical (unpaired) electrons. The summed E-state index contributed by atoms with van der Waals surface area (Å²) in [7, 11) is 0. The minimum absolute atomic E-state index is 0.0542. The van der Waals surface area contributed by atoms with E-state index < -0.39 is 0 Å². The Morgan fingerprint density at radius 2 is 1.55 bits per heavy atom. The van der Waals surface area contributed by atoms with Crippen LogP contribution in [0.3, 0.4) is 0 Å². The van der Waals surface area contributed by atoms with Gasteiger partial charge >= 0.3 is 0 Å². The number of ketones is 1. The van der Waals surface area contributed by atoms with Crippen molar-refractivity contribution in [3.8, 4) is 11.5 Å². The number of Topliss-reactive ketones (excluding diaryl/α,β-unsaturated/α-hetero) is 1. The van der Waals surface area contributed by atoms with Gasteiger partial charge in [0.15, 0.2) is 0 Å². The molecule has 0 N–H and O–H groups in total. The first-order valence-corrected chi connectivity index (χ1v) is 6.75. The van der Waals surface area contributed by atoms with Crippen LogP contribution < -0.4 is 9.47 Å². The van der Waals surface area contributed by atoms with Crippen LogP contribution in [-0.4, -0.2) is 11.9 Å². The average Bonchev–Trinajstić information content (AvgIpc) is 2.46. The topological polar surface area (TPSA) is 35.5 Å². The number of ether oxygens (including phenoxy) is 2. The van der Waals surface area contributed by atoms with E-state index >= 15 is 0 Å². The summed E-state index contributed by atoms with van der Waals surface area (Å²) in [6.07, 6.45) is 1.12. The normalized spacial score (nSPS) is 14.7. The summed E-state index contributed by atoms with van der Waals surface area (Å²) in [5.74, 6) is 1.87. The lowest BCUT2D eigenvalue weighted by atomic mass is 9.94. The Labute approximate surface area is 118 Å². The molecule has 20 heavy (non-hydrogen) atoms. The van der Waals surface area contributed by atoms with E-state index in [1.54, 1.807) is 0 Å². The fraction of sp³-hybridized carbons (Fsp3) is 0.235. The zero-order valence-electron chi connectivity index (χ0n) is 11.1. The average molecular weight is 268 g/mol. The van der Waals surface area contributed by atoms with Crippen LogP contribution in [0.4, 0.5) is 0 Å². The van der Waals surface area contributed by atoms with Crippen LogP contribution in [0, 0.1) is 0 Å². The molecular formula is C17H16O3. The van der Waals surface area contributed by atoms with E-state index in [0.717, 1.165) is 17.1 Å². The van der Waals surface area contributed by atoms with Crippen LogP contribution in [-0.2, 0) is 11.4 Å². The third-order valence-electron chi connectivity index (χ3n) is 3.29. The molecule has 0 saturated heterocycles. The van der Waals surface area contributed by atoms with E-state index in [-0.39, 0.29) is 11.9 Å². The van der Waals surface area contributed by atoms with Gasteiger partial charge in [-0.1, -0.05) is 30.3 Å². The summed E-state index contributed by atoms with van der Waals surface area (Å²) in [6.45, 7) is 0.554. The molecule has 1 aliphatic carbocycles. The molecule has 0 heterocycles. The van der Waals surface area contributed by atoms with Crippen LogP contribution in [0.25, 0.3) is 0 Å². The summed E-state index contributed by atoms with van der Waals surface area (Å²) in [6, 6.07) is 17.6. The van der Waals surface area contributed by atoms with Crippen LogP contribution in [0.5, 0.6) is 11.5 Å². The molecule has 1 aliphatic rings. The van der Waals surface area contributed by atoms with Crippen LogP contribution >= 0.6 is 0 Å². The molecule has 0 aliphatic heterocycles. The highest BCUT2D eigenvalue weighted by Gasteiger charge is 2.28. The number of rotatable bonds is 5. The SMILES string of the molecule is O=C1CC(Oc2ccc(OCc3ccccc3)cc2)C1. The number of benzene rings is 2. The third-order valence-corrected chi connectivity index (χ3v) is 3.29. The minimum Gasteiger partial charge on any atom is -0.490 e. The summed E-state index contributed by atoms with van der Waals surface area (Å²) in [5.41, 5.74) is 1.14. The number of carbonyl (C=O) groups is 1. The second-order valence-electron chi connectivity index (χ2n) is 4.93. The van der Waals surface area contributed by atoms with Crippen molar-refractivity contribution in [3.63, 3.8) is 0 Å². The number of hydrogen-bond donors (Lipinski definition) is 0. The quantitative estimate of drug-likeness (QED) is 0.834. The Morgan fingerprint density at radius 3 is 2.20 bits per heavy atom. The molecule has 0 atom stereocenters. The van der Waals surface area contributed by atoms with Crippen molar-refractivity contribution in [1.29, 1.82) is 0 Å². The Hall–Kier alpha value is -2.29. The van der Waals surface area contributed by atoms with Crippen molar-refractivity contribution in [3.05, 3.63) is 60.2 Å². The van der Waals surface area contributed by atoms with Gasteiger partial charge in [0.2, 0.25) is 0 Å². The van der Waals surface area contributed by atoms with Crippen LogP contribution in [0.2, 0.25) is 0 Å². The predicted octanol–water partition coefficient (Wildman–Crippen LogP) is 3.38. The fourth-order valence-electron chi connectivity index (χ4n) is 2.08. The van der Waals surface area contributed by atoms with Gasteiger partial charge < -0.3 is 9.47 Å². The molecule has 2 aromatic carbocycles. The van der Waals surface area contributed by atoms with E-state index in [9.17, 15) is 4.79 Å². The zero-order valence-corrected chi connectivity index (χ0v) is 11.1. The maximum Gasteiger partial charge on any atom is 0.140 e. The monoisotopic (exact) mass is 268 g/mol. The highest BCUT2D eigenvalue weighted by molar-refractivity contribution is 5.85. The van der Waals surface area contributed by atoms with Crippen molar-refractivity contribution in [2.24, 2.45) is 0 Å². The van der Waals surface area contributed by atoms with Crippen molar-refractivity contribution < 1.29 is 14.3 Å². The van der Waals surface area contributed by atoms with Crippen LogP contribution in [0.15, 0.2) is 54.6 Å². The standard InChI is InChI=1S/C17H16O3/c18-14-10-17(11-14)20-16-8-6-15(7-9-16)19-12-13-4-2-1-3-5-13/h1-9,17H,10-12H2. The summed E-state index contributed by atoms with van der Waals surface area (Å²) < 4.78 is 11.4. The summed E-state index contributed by atoms with van der Waals surface area (Å²) in [4.78, 5) is 10.9. The first kappa shape index (κ1) is 12.7. The lowest BCUT2D eigenvalue weighted by molar-refractivity contribution is -0.129. The first-order valence-electron chi connectivity index (χ1n) is 6.75. The second kappa shape index (κ2) is 5.78. The maximum atomic E-state index is 10.9. The van der Waals surface area contributed by atoms with Gasteiger partial charge in [-0.2, -0.15) is 0 Å². The van der Waals surface area contributed by atoms with Gasteiger partial charge in [0.05, 0.1) is 0 Å². The Morgan fingerprint density at radius 1 is 0.900 bits per heavy atom. The van der Waals surface area contributed by atoms with E-state index in [1.165, 1.54) is 0 Å². The van der Waals surface area contributed by atoms with Gasteiger partial charge in [-0.15, -0.1) is 0 Å². The molecule has 0 unspecified atom stereocenters. The Kier molecular flexibility index (Phi) is 3.68. The molecule has 3 heteroatoms. The highest BCUT2D eigenvalue weighted by atomic mass is 16.5. The molecule has 2 aromatic rings. The highest BCUT2D eigenvalue weighted by Crippen LogP contribution is 2.24. The zero-order chi connectivity index (χ0) is 13.8. The van der Waals surface area contributed by atoms with Crippen molar-refractivity contribution >= 4 is 5.78 Å². The Balaban J connectivity index is 1.52. The summed E-state index contributed by atoms with van der Waals surface area (Å²) in [5, 5.41) is 0. The molecule has 102 valence electrons. The lowest BCUT2D eigenvalue weighted by Crippen LogP contribution is -2.33. The number of carbonyl (C=O) groups excluding carboxylic acids is 1. The second-order valence-corrected chi connectivity index (χ2v) is 4.93. The predicted molar refractivity (Wildman–Crippen MR) is 75.9 cm³/mol. The van der Waals surface area contributed by atoms with E-state index in [1.807, 2.05) is 54.6 Å². The Bertz CT molecular complexity index is 567. The van der Waals surface area contributed by atoms with Gasteiger partial charge in [-0.3, -0.25) is 4.79 Å². The number of hydrogen-bond acceptors (Lipinski definition) is 3. The van der Waals surface area contributed by atoms with Gasteiger partial charge in [0, 0.05) is 12.8 Å². The van der Waals surface area contributed by atoms with Gasteiger partial charge in [-0.05, 0) is 29.8 Å². The maximum absolute atomic E-state index is 10.9. The first-order chi connectivity index (χ1) is 9.79.